The molecule has 0 bridgehead atoms. The molecule has 0 rings (SSSR count). The van der Waals surface area contributed by atoms with Gasteiger partial charge in [-0.1, -0.05) is 107 Å². The third-order valence-corrected chi connectivity index (χ3v) is 7.89. The molecule has 0 fully saturated rings. The molecule has 0 heterocycles. The molecule has 0 aromatic rings. The van der Waals surface area contributed by atoms with Crippen LogP contribution in [0.2, 0.25) is 0 Å². The highest BCUT2D eigenvalue weighted by atomic mass is 79.9. The van der Waals surface area contributed by atoms with Gasteiger partial charge < -0.3 is 30.7 Å². The maximum Gasteiger partial charge on any atom is 0.0786 e. The second-order valence-corrected chi connectivity index (χ2v) is 11.3. The Bertz CT molecular complexity index is 281. The first-order chi connectivity index (χ1) is 16.5. The number of unbranched alkanes of at least 4 members (excludes halogenated alkanes) is 8. The van der Waals surface area contributed by atoms with Gasteiger partial charge in [-0.2, -0.15) is 0 Å². The van der Waals surface area contributed by atoms with Crippen molar-refractivity contribution in [3.8, 4) is 0 Å². The van der Waals surface area contributed by atoms with E-state index < -0.39 is 0 Å². The van der Waals surface area contributed by atoms with Crippen LogP contribution in [0.15, 0.2) is 0 Å². The van der Waals surface area contributed by atoms with Crippen LogP contribution in [0, 0.1) is 0 Å². The summed E-state index contributed by atoms with van der Waals surface area (Å²) in [4.78, 5) is 0. The van der Waals surface area contributed by atoms with E-state index in [1.165, 1.54) is 164 Å². The second-order valence-electron chi connectivity index (χ2n) is 11.3. The van der Waals surface area contributed by atoms with Gasteiger partial charge in [-0.15, -0.1) is 0 Å². The molecule has 0 aliphatic rings. The third-order valence-electron chi connectivity index (χ3n) is 7.89. The zero-order chi connectivity index (χ0) is 26.0. The molecule has 0 saturated heterocycles. The molecule has 0 aromatic carbocycles. The molecule has 0 saturated carbocycles. The number of halogens is 2. The molecule has 0 N–H and O–H groups in total. The van der Waals surface area contributed by atoms with Crippen LogP contribution in [0.25, 0.3) is 0 Å². The highest BCUT2D eigenvalue weighted by molar-refractivity contribution is 4.50. The van der Waals surface area contributed by atoms with Gasteiger partial charge in [0.05, 0.1) is 52.4 Å². The lowest BCUT2D eigenvalue weighted by Crippen LogP contribution is -3.00. The van der Waals surface area contributed by atoms with E-state index in [1.807, 2.05) is 0 Å². The zero-order valence-electron chi connectivity index (χ0n) is 26.6. The van der Waals surface area contributed by atoms with Crippen molar-refractivity contribution < 1.29 is 30.7 Å². The lowest BCUT2D eigenvalue weighted by atomic mass is 10.1. The van der Waals surface area contributed by atoms with Gasteiger partial charge in [0.15, 0.2) is 0 Å². The smallest absolute Gasteiger partial charge is 0.0786 e. The van der Waals surface area contributed by atoms with Crippen LogP contribution in [0.3, 0.4) is 0 Å². The number of hydrogen-bond donors (Lipinski definition) is 0. The summed E-state index contributed by atoms with van der Waals surface area (Å²) in [5.41, 5.74) is 0. The summed E-state index contributed by atoms with van der Waals surface area (Å²) in [6.45, 7) is 30.0. The van der Waals surface area contributed by atoms with Gasteiger partial charge in [0, 0.05) is 0 Å². The monoisotopic (exact) mass is 582 g/mol. The first-order valence-electron chi connectivity index (χ1n) is 16.2. The van der Waals surface area contributed by atoms with Gasteiger partial charge in [0.1, 0.15) is 0 Å². The van der Waals surface area contributed by atoms with E-state index in [9.17, 15) is 0 Å². The Morgan fingerprint density at radius 3 is 0.472 bits per heavy atom. The molecular formula is C32H72BrFN2. The topological polar surface area (TPSA) is 0 Å². The first-order valence-corrected chi connectivity index (χ1v) is 16.2. The van der Waals surface area contributed by atoms with E-state index in [1.54, 1.807) is 0 Å². The van der Waals surface area contributed by atoms with Crippen LogP contribution in [0.4, 0.5) is 0 Å². The highest BCUT2D eigenvalue weighted by Gasteiger charge is 2.25. The molecule has 0 atom stereocenters. The van der Waals surface area contributed by atoms with E-state index in [0.717, 1.165) is 0 Å². The normalized spacial score (nSPS) is 11.3. The molecule has 0 radical (unpaired) electrons. The molecule has 0 aromatic heterocycles. The molecule has 224 valence electrons. The van der Waals surface area contributed by atoms with Crippen molar-refractivity contribution in [1.29, 1.82) is 0 Å². The second kappa shape index (κ2) is 31.5. The molecule has 36 heavy (non-hydrogen) atoms. The van der Waals surface area contributed by atoms with E-state index in [4.69, 9.17) is 0 Å². The van der Waals surface area contributed by atoms with Gasteiger partial charge in [0.2, 0.25) is 0 Å². The maximum absolute atomic E-state index is 2.33. The summed E-state index contributed by atoms with van der Waals surface area (Å²) in [7, 11) is 0. The minimum Gasteiger partial charge on any atom is -1.00 e. The van der Waals surface area contributed by atoms with Crippen molar-refractivity contribution in [2.24, 2.45) is 0 Å². The molecule has 2 nitrogen and oxygen atoms in total. The van der Waals surface area contributed by atoms with Gasteiger partial charge >= 0.3 is 0 Å². The fraction of sp³-hybridized carbons (Fsp3) is 1.00. The standard InChI is InChI=1S/2C16H36N.BrH.FH/c2*1-5-9-13-17(14-10-6-2,15-11-7-3)16-12-8-4;;/h2*5-16H2,1-4H3;2*1H/q2*+1;;/p-2. The zero-order valence-corrected chi connectivity index (χ0v) is 28.2. The summed E-state index contributed by atoms with van der Waals surface area (Å²) in [5, 5.41) is 0. The molecule has 0 spiro atoms. The molecule has 0 aliphatic carbocycles. The van der Waals surface area contributed by atoms with Crippen LogP contribution in [0.5, 0.6) is 0 Å². The first kappa shape index (κ1) is 43.4. The average molecular weight is 584 g/mol. The third kappa shape index (κ3) is 23.4. The largest absolute Gasteiger partial charge is 1.00 e. The SMILES string of the molecule is CCCC[N+](CCCC)(CCCC)CCCC.CCCC[N+](CCCC)(CCCC)CCCC.[Br-].[F-]. The maximum atomic E-state index is 2.33. The van der Waals surface area contributed by atoms with Crippen LogP contribution in [-0.2, 0) is 0 Å². The summed E-state index contributed by atoms with van der Waals surface area (Å²) in [6.07, 6.45) is 22.1. The van der Waals surface area contributed by atoms with Gasteiger partial charge in [-0.3, -0.25) is 0 Å². The summed E-state index contributed by atoms with van der Waals surface area (Å²) in [6, 6.07) is 0. The Morgan fingerprint density at radius 1 is 0.278 bits per heavy atom. The Balaban J connectivity index is -0.000000269. The molecule has 0 amide bonds. The Labute approximate surface area is 240 Å². The van der Waals surface area contributed by atoms with Gasteiger partial charge in [-0.05, 0) is 51.4 Å². The molecule has 4 heteroatoms. The summed E-state index contributed by atoms with van der Waals surface area (Å²) >= 11 is 0. The van der Waals surface area contributed by atoms with Crippen molar-refractivity contribution in [3.63, 3.8) is 0 Å². The van der Waals surface area contributed by atoms with E-state index in [0.29, 0.717) is 0 Å². The summed E-state index contributed by atoms with van der Waals surface area (Å²) in [5.74, 6) is 0. The van der Waals surface area contributed by atoms with Crippen molar-refractivity contribution in [2.75, 3.05) is 52.4 Å². The quantitative estimate of drug-likeness (QED) is 0.151. The van der Waals surface area contributed by atoms with E-state index in [2.05, 4.69) is 55.4 Å². The van der Waals surface area contributed by atoms with Crippen LogP contribution in [0.1, 0.15) is 158 Å². The summed E-state index contributed by atoms with van der Waals surface area (Å²) < 4.78 is 2.84. The average Bonchev–Trinajstić information content (AvgIpc) is 2.87. The predicted octanol–water partition coefficient (Wildman–Crippen LogP) is 4.02. The van der Waals surface area contributed by atoms with Gasteiger partial charge in [-0.25, -0.2) is 0 Å². The lowest BCUT2D eigenvalue weighted by molar-refractivity contribution is -0.929. The molecule has 0 aliphatic heterocycles. The predicted molar refractivity (Wildman–Crippen MR) is 159 cm³/mol. The fourth-order valence-corrected chi connectivity index (χ4v) is 5.29. The molecule has 0 unspecified atom stereocenters. The van der Waals surface area contributed by atoms with Crippen molar-refractivity contribution >= 4 is 0 Å². The van der Waals surface area contributed by atoms with Crippen molar-refractivity contribution in [2.45, 2.75) is 158 Å². The molecular weight excluding hydrogens is 511 g/mol. The van der Waals surface area contributed by atoms with Crippen molar-refractivity contribution in [3.05, 3.63) is 0 Å². The minimum atomic E-state index is 0. The Hall–Kier alpha value is 0.330. The number of nitrogens with zero attached hydrogens (tertiary/aromatic N) is 2. The van der Waals surface area contributed by atoms with Gasteiger partial charge in [0.25, 0.3) is 0 Å². The Morgan fingerprint density at radius 2 is 0.389 bits per heavy atom. The number of quaternary nitrogens is 2. The minimum absolute atomic E-state index is 0. The van der Waals surface area contributed by atoms with Crippen molar-refractivity contribution in [1.82, 2.24) is 0 Å². The van der Waals surface area contributed by atoms with E-state index >= 15 is 0 Å². The fourth-order valence-electron chi connectivity index (χ4n) is 5.29. The Kier molecular flexibility index (Phi) is 38.0. The van der Waals surface area contributed by atoms with Crippen LogP contribution >= 0.6 is 0 Å². The highest BCUT2D eigenvalue weighted by Crippen LogP contribution is 2.17. The van der Waals surface area contributed by atoms with Crippen LogP contribution in [-0.4, -0.2) is 61.3 Å². The van der Waals surface area contributed by atoms with E-state index in [-0.39, 0.29) is 21.7 Å². The van der Waals surface area contributed by atoms with Crippen LogP contribution < -0.4 is 21.7 Å². The lowest BCUT2D eigenvalue weighted by Gasteiger charge is -2.39. The number of hydrogen-bond acceptors (Lipinski definition) is 0. The number of rotatable bonds is 24.